The van der Waals surface area contributed by atoms with Crippen molar-refractivity contribution in [2.45, 2.75) is 33.1 Å². The quantitative estimate of drug-likeness (QED) is 0.619. The molecule has 0 spiro atoms. The van der Waals surface area contributed by atoms with Crippen molar-refractivity contribution in [1.82, 2.24) is 4.98 Å². The first-order valence-corrected chi connectivity index (χ1v) is 4.78. The molecule has 2 atom stereocenters. The third-order valence-electron chi connectivity index (χ3n) is 2.22. The summed E-state index contributed by atoms with van der Waals surface area (Å²) in [5, 5.41) is 0. The summed E-state index contributed by atoms with van der Waals surface area (Å²) < 4.78 is 0. The largest absolute Gasteiger partial charge is 0.264 e. The van der Waals surface area contributed by atoms with E-state index in [0.717, 1.165) is 11.8 Å². The summed E-state index contributed by atoms with van der Waals surface area (Å²) in [6, 6.07) is 4.18. The number of aromatic nitrogens is 1. The average molecular weight is 163 g/mol. The van der Waals surface area contributed by atoms with Gasteiger partial charge in [-0.05, 0) is 29.9 Å². The van der Waals surface area contributed by atoms with Crippen molar-refractivity contribution in [1.29, 1.82) is 0 Å². The van der Waals surface area contributed by atoms with Crippen molar-refractivity contribution in [2.24, 2.45) is 5.92 Å². The highest BCUT2D eigenvalue weighted by Gasteiger charge is 2.33. The second kappa shape index (κ2) is 4.24. The van der Waals surface area contributed by atoms with Crippen LogP contribution < -0.4 is 0 Å². The van der Waals surface area contributed by atoms with E-state index >= 15 is 0 Å². The van der Waals surface area contributed by atoms with E-state index < -0.39 is 0 Å². The molecule has 1 aromatic heterocycles. The smallest absolute Gasteiger partial charge is 0.0302 e. The molecule has 2 rings (SSSR count). The summed E-state index contributed by atoms with van der Waals surface area (Å²) >= 11 is 0. The van der Waals surface area contributed by atoms with Crippen LogP contribution in [0.4, 0.5) is 0 Å². The molecule has 1 heterocycles. The molecule has 1 nitrogen and oxygen atoms in total. The van der Waals surface area contributed by atoms with Crippen LogP contribution in [0.3, 0.4) is 0 Å². The monoisotopic (exact) mass is 163 g/mol. The molecule has 0 N–H and O–H groups in total. The SMILES string of the molecule is CC.CC1CC1c1cccnc1. The van der Waals surface area contributed by atoms with Gasteiger partial charge in [-0.3, -0.25) is 4.98 Å². The topological polar surface area (TPSA) is 12.9 Å². The van der Waals surface area contributed by atoms with Crippen LogP contribution in [0, 0.1) is 5.92 Å². The Morgan fingerprint density at radius 2 is 2.08 bits per heavy atom. The van der Waals surface area contributed by atoms with Gasteiger partial charge in [-0.15, -0.1) is 0 Å². The number of nitrogens with zero attached hydrogens (tertiary/aromatic N) is 1. The molecule has 1 aliphatic carbocycles. The minimum atomic E-state index is 0.814. The fourth-order valence-electron chi connectivity index (χ4n) is 1.38. The minimum Gasteiger partial charge on any atom is -0.264 e. The molecule has 2 unspecified atom stereocenters. The van der Waals surface area contributed by atoms with Gasteiger partial charge < -0.3 is 0 Å². The van der Waals surface area contributed by atoms with Crippen LogP contribution in [-0.4, -0.2) is 4.98 Å². The van der Waals surface area contributed by atoms with E-state index in [1.54, 1.807) is 0 Å². The van der Waals surface area contributed by atoms with Crippen LogP contribution in [0.25, 0.3) is 0 Å². The molecule has 0 amide bonds. The lowest BCUT2D eigenvalue weighted by Gasteiger charge is -1.93. The molecule has 1 aliphatic rings. The predicted octanol–water partition coefficient (Wildman–Crippen LogP) is 3.23. The molecule has 1 heteroatoms. The Labute approximate surface area is 74.8 Å². The predicted molar refractivity (Wildman–Crippen MR) is 52.1 cm³/mol. The van der Waals surface area contributed by atoms with E-state index in [4.69, 9.17) is 0 Å². The van der Waals surface area contributed by atoms with Gasteiger partial charge in [0, 0.05) is 12.4 Å². The maximum Gasteiger partial charge on any atom is 0.0302 e. The van der Waals surface area contributed by atoms with E-state index in [2.05, 4.69) is 18.0 Å². The summed E-state index contributed by atoms with van der Waals surface area (Å²) in [5.74, 6) is 1.71. The van der Waals surface area contributed by atoms with Crippen LogP contribution in [-0.2, 0) is 0 Å². The van der Waals surface area contributed by atoms with Crippen LogP contribution in [0.1, 0.15) is 38.7 Å². The Balaban J connectivity index is 0.000000336. The zero-order valence-corrected chi connectivity index (χ0v) is 8.12. The van der Waals surface area contributed by atoms with E-state index in [0.29, 0.717) is 0 Å². The standard InChI is InChI=1S/C9H11N.C2H6/c1-7-5-9(7)8-3-2-4-10-6-8;1-2/h2-4,6-7,9H,5H2,1H3;1-2H3. The van der Waals surface area contributed by atoms with Gasteiger partial charge in [0.1, 0.15) is 0 Å². The molecule has 66 valence electrons. The lowest BCUT2D eigenvalue weighted by atomic mass is 10.2. The third-order valence-corrected chi connectivity index (χ3v) is 2.22. The van der Waals surface area contributed by atoms with Gasteiger partial charge in [0.25, 0.3) is 0 Å². The summed E-state index contributed by atoms with van der Waals surface area (Å²) in [7, 11) is 0. The van der Waals surface area contributed by atoms with Crippen LogP contribution in [0.15, 0.2) is 24.5 Å². The number of rotatable bonds is 1. The summed E-state index contributed by atoms with van der Waals surface area (Å²) in [4.78, 5) is 4.08. The number of hydrogen-bond acceptors (Lipinski definition) is 1. The average Bonchev–Trinajstić information content (AvgIpc) is 2.88. The van der Waals surface area contributed by atoms with Gasteiger partial charge >= 0.3 is 0 Å². The maximum absolute atomic E-state index is 4.08. The Hall–Kier alpha value is -0.850. The highest BCUT2D eigenvalue weighted by Crippen LogP contribution is 2.46. The van der Waals surface area contributed by atoms with E-state index in [9.17, 15) is 0 Å². The van der Waals surface area contributed by atoms with Crippen LogP contribution >= 0.6 is 0 Å². The Morgan fingerprint density at radius 3 is 2.50 bits per heavy atom. The fraction of sp³-hybridized carbons (Fsp3) is 0.545. The first-order valence-electron chi connectivity index (χ1n) is 4.78. The van der Waals surface area contributed by atoms with Crippen LogP contribution in [0.5, 0.6) is 0 Å². The van der Waals surface area contributed by atoms with Crippen molar-refractivity contribution in [2.75, 3.05) is 0 Å². The van der Waals surface area contributed by atoms with Gasteiger partial charge in [0.05, 0.1) is 0 Å². The highest BCUT2D eigenvalue weighted by atomic mass is 14.6. The Kier molecular flexibility index (Phi) is 3.27. The summed E-state index contributed by atoms with van der Waals surface area (Å²) in [6.45, 7) is 6.29. The normalized spacial score (nSPS) is 25.6. The molecule has 1 aromatic rings. The van der Waals surface area contributed by atoms with E-state index in [1.807, 2.05) is 32.3 Å². The van der Waals surface area contributed by atoms with E-state index in [-0.39, 0.29) is 0 Å². The van der Waals surface area contributed by atoms with Gasteiger partial charge in [-0.2, -0.15) is 0 Å². The van der Waals surface area contributed by atoms with Crippen molar-refractivity contribution in [3.8, 4) is 0 Å². The molecule has 0 aromatic carbocycles. The zero-order chi connectivity index (χ0) is 8.97. The molecule has 1 fully saturated rings. The summed E-state index contributed by atoms with van der Waals surface area (Å²) in [6.07, 6.45) is 5.16. The lowest BCUT2D eigenvalue weighted by molar-refractivity contribution is 0.909. The first-order chi connectivity index (χ1) is 5.88. The molecule has 1 saturated carbocycles. The molecule has 0 radical (unpaired) electrons. The molecule has 0 saturated heterocycles. The molecular weight excluding hydrogens is 146 g/mol. The number of hydrogen-bond donors (Lipinski definition) is 0. The fourth-order valence-corrected chi connectivity index (χ4v) is 1.38. The molecule has 12 heavy (non-hydrogen) atoms. The summed E-state index contributed by atoms with van der Waals surface area (Å²) in [5.41, 5.74) is 1.41. The van der Waals surface area contributed by atoms with E-state index in [1.165, 1.54) is 12.0 Å². The Bertz CT molecular complexity index is 218. The number of pyridine rings is 1. The van der Waals surface area contributed by atoms with Gasteiger partial charge in [0.2, 0.25) is 0 Å². The first kappa shape index (κ1) is 9.24. The minimum absolute atomic E-state index is 0.814. The van der Waals surface area contributed by atoms with Crippen molar-refractivity contribution >= 4 is 0 Å². The van der Waals surface area contributed by atoms with Gasteiger partial charge in [0.15, 0.2) is 0 Å². The zero-order valence-electron chi connectivity index (χ0n) is 8.12. The van der Waals surface area contributed by atoms with Crippen molar-refractivity contribution in [3.05, 3.63) is 30.1 Å². The maximum atomic E-state index is 4.08. The van der Waals surface area contributed by atoms with Crippen molar-refractivity contribution < 1.29 is 0 Å². The lowest BCUT2D eigenvalue weighted by Crippen LogP contribution is -1.80. The second-order valence-electron chi connectivity index (χ2n) is 3.11. The van der Waals surface area contributed by atoms with Gasteiger partial charge in [-0.25, -0.2) is 0 Å². The van der Waals surface area contributed by atoms with Crippen molar-refractivity contribution in [3.63, 3.8) is 0 Å². The van der Waals surface area contributed by atoms with Crippen LogP contribution in [0.2, 0.25) is 0 Å². The molecule has 0 bridgehead atoms. The Morgan fingerprint density at radius 1 is 1.42 bits per heavy atom. The second-order valence-corrected chi connectivity index (χ2v) is 3.11. The third kappa shape index (κ3) is 2.07. The van der Waals surface area contributed by atoms with Gasteiger partial charge in [-0.1, -0.05) is 26.8 Å². The molecule has 0 aliphatic heterocycles. The highest BCUT2D eigenvalue weighted by molar-refractivity contribution is 5.21. The molecular formula is C11H17N.